The van der Waals surface area contributed by atoms with Crippen molar-refractivity contribution in [3.05, 3.63) is 11.4 Å². The largest absolute Gasteiger partial charge is 0.461 e. The molecule has 0 aliphatic heterocycles. The first-order valence-electron chi connectivity index (χ1n) is 6.32. The summed E-state index contributed by atoms with van der Waals surface area (Å²) >= 11 is 0. The number of ether oxygens (including phenoxy) is 1. The molecule has 1 heterocycles. The number of aromatic nitrogens is 3. The second-order valence-corrected chi connectivity index (χ2v) is 4.40. The van der Waals surface area contributed by atoms with E-state index >= 15 is 0 Å². The quantitative estimate of drug-likeness (QED) is 0.768. The molecule has 0 aromatic carbocycles. The molecule has 19 heavy (non-hydrogen) atoms. The fourth-order valence-electron chi connectivity index (χ4n) is 1.74. The number of nitrogens with one attached hydrogen (secondary N) is 1. The van der Waals surface area contributed by atoms with Crippen LogP contribution in [0.4, 0.5) is 0 Å². The van der Waals surface area contributed by atoms with Gasteiger partial charge in [0.15, 0.2) is 5.69 Å². The Morgan fingerprint density at radius 2 is 2.11 bits per heavy atom. The molecule has 1 aromatic rings. The predicted octanol–water partition coefficient (Wildman–Crippen LogP) is 0.714. The van der Waals surface area contributed by atoms with E-state index in [-0.39, 0.29) is 17.5 Å². The van der Waals surface area contributed by atoms with E-state index in [0.29, 0.717) is 19.7 Å². The van der Waals surface area contributed by atoms with Crippen molar-refractivity contribution in [1.82, 2.24) is 20.3 Å². The Labute approximate surface area is 112 Å². The van der Waals surface area contributed by atoms with Crippen LogP contribution in [0.3, 0.4) is 0 Å². The third kappa shape index (κ3) is 4.04. The zero-order valence-corrected chi connectivity index (χ0v) is 11.8. The molecule has 0 aliphatic rings. The highest BCUT2D eigenvalue weighted by molar-refractivity contribution is 5.88. The molecule has 1 N–H and O–H groups in total. The van der Waals surface area contributed by atoms with E-state index in [1.807, 2.05) is 13.8 Å². The zero-order valence-electron chi connectivity index (χ0n) is 11.8. The summed E-state index contributed by atoms with van der Waals surface area (Å²) in [6.07, 6.45) is 0. The summed E-state index contributed by atoms with van der Waals surface area (Å²) in [5, 5.41) is 10.5. The predicted molar refractivity (Wildman–Crippen MR) is 68.8 cm³/mol. The maximum absolute atomic E-state index is 11.8. The van der Waals surface area contributed by atoms with E-state index in [1.54, 1.807) is 11.6 Å². The van der Waals surface area contributed by atoms with Gasteiger partial charge in [0.1, 0.15) is 0 Å². The van der Waals surface area contributed by atoms with Crippen molar-refractivity contribution >= 4 is 11.9 Å². The molecule has 0 saturated carbocycles. The molecule has 0 spiro atoms. The lowest BCUT2D eigenvalue weighted by Crippen LogP contribution is -2.25. The van der Waals surface area contributed by atoms with Gasteiger partial charge in [-0.15, -0.1) is 5.10 Å². The molecule has 0 bridgehead atoms. The minimum atomic E-state index is -0.461. The van der Waals surface area contributed by atoms with Crippen LogP contribution in [0.15, 0.2) is 0 Å². The van der Waals surface area contributed by atoms with Gasteiger partial charge in [-0.1, -0.05) is 19.1 Å². The van der Waals surface area contributed by atoms with Crippen LogP contribution in [0, 0.1) is 0 Å². The third-order valence-electron chi connectivity index (χ3n) is 2.49. The van der Waals surface area contributed by atoms with Crippen molar-refractivity contribution in [2.45, 2.75) is 40.2 Å². The average molecular weight is 268 g/mol. The molecule has 0 aliphatic carbocycles. The van der Waals surface area contributed by atoms with Crippen LogP contribution in [-0.2, 0) is 16.1 Å². The van der Waals surface area contributed by atoms with E-state index in [1.165, 1.54) is 6.92 Å². The van der Waals surface area contributed by atoms with Crippen molar-refractivity contribution < 1.29 is 14.3 Å². The van der Waals surface area contributed by atoms with Crippen LogP contribution in [0.5, 0.6) is 0 Å². The van der Waals surface area contributed by atoms with Gasteiger partial charge in [0, 0.05) is 13.5 Å². The van der Waals surface area contributed by atoms with Crippen LogP contribution in [0.1, 0.15) is 49.8 Å². The van der Waals surface area contributed by atoms with Gasteiger partial charge in [-0.3, -0.25) is 4.79 Å². The summed E-state index contributed by atoms with van der Waals surface area (Å²) in [6, 6.07) is 0. The number of carbonyl (C=O) groups is 2. The van der Waals surface area contributed by atoms with Gasteiger partial charge in [-0.25, -0.2) is 9.48 Å². The molecule has 0 unspecified atom stereocenters. The minimum absolute atomic E-state index is 0.0896. The number of hydrogen-bond donors (Lipinski definition) is 1. The SMILES string of the molecule is CCOC(=O)c1nnn(CCNC(C)=O)c1C(C)C. The molecule has 1 aromatic heterocycles. The lowest BCUT2D eigenvalue weighted by atomic mass is 10.1. The highest BCUT2D eigenvalue weighted by atomic mass is 16.5. The van der Waals surface area contributed by atoms with Gasteiger partial charge in [-0.2, -0.15) is 0 Å². The number of amides is 1. The Hall–Kier alpha value is -1.92. The molecule has 0 radical (unpaired) electrons. The van der Waals surface area contributed by atoms with Gasteiger partial charge >= 0.3 is 5.97 Å². The molecule has 1 rings (SSSR count). The first kappa shape index (κ1) is 15.1. The van der Waals surface area contributed by atoms with Gasteiger partial charge < -0.3 is 10.1 Å². The summed E-state index contributed by atoms with van der Waals surface area (Å²) < 4.78 is 6.58. The monoisotopic (exact) mass is 268 g/mol. The van der Waals surface area contributed by atoms with E-state index < -0.39 is 5.97 Å². The van der Waals surface area contributed by atoms with Gasteiger partial charge in [0.2, 0.25) is 5.91 Å². The number of hydrogen-bond acceptors (Lipinski definition) is 5. The van der Waals surface area contributed by atoms with Crippen molar-refractivity contribution in [1.29, 1.82) is 0 Å². The lowest BCUT2D eigenvalue weighted by molar-refractivity contribution is -0.119. The first-order valence-corrected chi connectivity index (χ1v) is 6.32. The van der Waals surface area contributed by atoms with Crippen molar-refractivity contribution in [3.8, 4) is 0 Å². The molecular formula is C12H20N4O3. The van der Waals surface area contributed by atoms with E-state index in [4.69, 9.17) is 4.74 Å². The summed E-state index contributed by atoms with van der Waals surface area (Å²) in [7, 11) is 0. The van der Waals surface area contributed by atoms with Crippen LogP contribution >= 0.6 is 0 Å². The molecule has 1 amide bonds. The highest BCUT2D eigenvalue weighted by Gasteiger charge is 2.22. The first-order chi connectivity index (χ1) is 8.97. The smallest absolute Gasteiger partial charge is 0.360 e. The molecule has 106 valence electrons. The molecule has 7 nitrogen and oxygen atoms in total. The second kappa shape index (κ2) is 6.86. The maximum atomic E-state index is 11.8. The van der Waals surface area contributed by atoms with E-state index in [0.717, 1.165) is 5.69 Å². The van der Waals surface area contributed by atoms with Crippen LogP contribution < -0.4 is 5.32 Å². The highest BCUT2D eigenvalue weighted by Crippen LogP contribution is 2.18. The van der Waals surface area contributed by atoms with E-state index in [9.17, 15) is 9.59 Å². The molecule has 0 atom stereocenters. The second-order valence-electron chi connectivity index (χ2n) is 4.40. The van der Waals surface area contributed by atoms with Crippen LogP contribution in [-0.4, -0.2) is 40.0 Å². The summed E-state index contributed by atoms with van der Waals surface area (Å²) in [6.45, 7) is 8.32. The van der Waals surface area contributed by atoms with Crippen molar-refractivity contribution in [3.63, 3.8) is 0 Å². The normalized spacial score (nSPS) is 10.6. The zero-order chi connectivity index (χ0) is 14.4. The Kier molecular flexibility index (Phi) is 5.47. The Bertz CT molecular complexity index is 454. The molecule has 7 heteroatoms. The number of nitrogens with zero attached hydrogens (tertiary/aromatic N) is 3. The Balaban J connectivity index is 2.87. The van der Waals surface area contributed by atoms with Gasteiger partial charge in [0.25, 0.3) is 0 Å². The summed E-state index contributed by atoms with van der Waals surface area (Å²) in [5.41, 5.74) is 0.975. The van der Waals surface area contributed by atoms with Gasteiger partial charge in [-0.05, 0) is 12.8 Å². The number of carbonyl (C=O) groups excluding carboxylic acids is 2. The summed E-state index contributed by atoms with van der Waals surface area (Å²) in [5.74, 6) is -0.472. The van der Waals surface area contributed by atoms with Gasteiger partial charge in [0.05, 0.1) is 18.8 Å². The molecule has 0 fully saturated rings. The Morgan fingerprint density at radius 1 is 1.42 bits per heavy atom. The topological polar surface area (TPSA) is 86.1 Å². The van der Waals surface area contributed by atoms with Crippen molar-refractivity contribution in [2.75, 3.05) is 13.2 Å². The molecule has 0 saturated heterocycles. The van der Waals surface area contributed by atoms with Crippen molar-refractivity contribution in [2.24, 2.45) is 0 Å². The van der Waals surface area contributed by atoms with Crippen LogP contribution in [0.2, 0.25) is 0 Å². The third-order valence-corrected chi connectivity index (χ3v) is 2.49. The lowest BCUT2D eigenvalue weighted by Gasteiger charge is -2.10. The number of esters is 1. The van der Waals surface area contributed by atoms with Crippen LogP contribution in [0.25, 0.3) is 0 Å². The number of rotatable bonds is 6. The summed E-state index contributed by atoms with van der Waals surface area (Å²) in [4.78, 5) is 22.6. The fraction of sp³-hybridized carbons (Fsp3) is 0.667. The fourth-order valence-corrected chi connectivity index (χ4v) is 1.74. The maximum Gasteiger partial charge on any atom is 0.360 e. The molecular weight excluding hydrogens is 248 g/mol. The van der Waals surface area contributed by atoms with E-state index in [2.05, 4.69) is 15.6 Å². The standard InChI is InChI=1S/C12H20N4O3/c1-5-19-12(18)10-11(8(2)3)16(15-14-10)7-6-13-9(4)17/h8H,5-7H2,1-4H3,(H,13,17). The minimum Gasteiger partial charge on any atom is -0.461 e. The Morgan fingerprint density at radius 3 is 2.63 bits per heavy atom. The average Bonchev–Trinajstić information content (AvgIpc) is 2.73.